The van der Waals surface area contributed by atoms with E-state index in [2.05, 4.69) is 25.9 Å². The van der Waals surface area contributed by atoms with Gasteiger partial charge in [0.05, 0.1) is 17.2 Å². The van der Waals surface area contributed by atoms with Crippen molar-refractivity contribution < 1.29 is 8.42 Å². The van der Waals surface area contributed by atoms with E-state index in [9.17, 15) is 8.42 Å². The lowest BCUT2D eigenvalue weighted by Gasteiger charge is -2.14. The van der Waals surface area contributed by atoms with Gasteiger partial charge >= 0.3 is 0 Å². The lowest BCUT2D eigenvalue weighted by atomic mass is 10.2. The van der Waals surface area contributed by atoms with Crippen molar-refractivity contribution in [3.63, 3.8) is 0 Å². The largest absolute Gasteiger partial charge is 0.230 e. The molecule has 0 radical (unpaired) electrons. The zero-order valence-corrected chi connectivity index (χ0v) is 9.10. The number of halogens is 1. The van der Waals surface area contributed by atoms with Crippen molar-refractivity contribution >= 4 is 25.8 Å². The molecule has 70 valence electrons. The van der Waals surface area contributed by atoms with Crippen LogP contribution in [-0.4, -0.2) is 24.1 Å². The summed E-state index contributed by atoms with van der Waals surface area (Å²) in [5.74, 6) is 0.258. The van der Waals surface area contributed by atoms with Crippen molar-refractivity contribution in [2.75, 3.05) is 5.75 Å². The lowest BCUT2D eigenvalue weighted by molar-refractivity contribution is 0.590. The van der Waals surface area contributed by atoms with Crippen molar-refractivity contribution in [2.45, 2.75) is 12.2 Å². The van der Waals surface area contributed by atoms with Crippen molar-refractivity contribution in [1.29, 1.82) is 0 Å². The normalized spacial score (nSPS) is 19.5. The van der Waals surface area contributed by atoms with Gasteiger partial charge in [-0.25, -0.2) is 18.4 Å². The van der Waals surface area contributed by atoms with Crippen molar-refractivity contribution in [3.8, 4) is 0 Å². The number of fused-ring (bicyclic) bond motifs is 1. The topological polar surface area (TPSA) is 59.9 Å². The van der Waals surface area contributed by atoms with Crippen molar-refractivity contribution in [2.24, 2.45) is 0 Å². The third-order valence-electron chi connectivity index (χ3n) is 1.96. The summed E-state index contributed by atoms with van der Waals surface area (Å²) < 4.78 is 22.9. The second kappa shape index (κ2) is 3.02. The molecule has 0 bridgehead atoms. The third kappa shape index (κ3) is 1.88. The van der Waals surface area contributed by atoms with Crippen molar-refractivity contribution in [1.82, 2.24) is 9.97 Å². The van der Waals surface area contributed by atoms with Crippen LogP contribution in [0.2, 0.25) is 0 Å². The summed E-state index contributed by atoms with van der Waals surface area (Å²) in [7, 11) is -2.92. The smallest absolute Gasteiger partial charge is 0.196 e. The Labute approximate surface area is 84.5 Å². The Kier molecular flexibility index (Phi) is 2.11. The van der Waals surface area contributed by atoms with Gasteiger partial charge in [0.1, 0.15) is 0 Å². The fraction of sp³-hybridized carbons (Fsp3) is 0.429. The highest BCUT2D eigenvalue weighted by atomic mass is 79.9. The van der Waals surface area contributed by atoms with E-state index in [1.165, 1.54) is 0 Å². The molecule has 1 aromatic heterocycles. The van der Waals surface area contributed by atoms with Gasteiger partial charge in [-0.15, -0.1) is 0 Å². The minimum absolute atomic E-state index is 0.0451. The molecule has 0 aliphatic carbocycles. The first-order chi connectivity index (χ1) is 6.07. The second-order valence-corrected chi connectivity index (χ2v) is 5.85. The van der Waals surface area contributed by atoms with E-state index < -0.39 is 9.84 Å². The molecule has 2 rings (SSSR count). The molecule has 1 aliphatic heterocycles. The molecule has 0 N–H and O–H groups in total. The first kappa shape index (κ1) is 9.08. The summed E-state index contributed by atoms with van der Waals surface area (Å²) in [4.78, 5) is 7.99. The van der Waals surface area contributed by atoms with E-state index >= 15 is 0 Å². The Bertz CT molecular complexity index is 444. The van der Waals surface area contributed by atoms with Gasteiger partial charge in [0.25, 0.3) is 0 Å². The van der Waals surface area contributed by atoms with Crippen LogP contribution in [0, 0.1) is 0 Å². The lowest BCUT2D eigenvalue weighted by Crippen LogP contribution is -2.20. The van der Waals surface area contributed by atoms with Gasteiger partial charge in [-0.1, -0.05) is 0 Å². The van der Waals surface area contributed by atoms with E-state index in [0.717, 1.165) is 5.56 Å². The molecule has 0 amide bonds. The highest BCUT2D eigenvalue weighted by molar-refractivity contribution is 9.10. The zero-order chi connectivity index (χ0) is 9.47. The highest BCUT2D eigenvalue weighted by Gasteiger charge is 2.22. The van der Waals surface area contributed by atoms with Crippen LogP contribution < -0.4 is 0 Å². The molecule has 1 aliphatic rings. The van der Waals surface area contributed by atoms with E-state index in [-0.39, 0.29) is 11.5 Å². The minimum atomic E-state index is -2.92. The van der Waals surface area contributed by atoms with Crippen molar-refractivity contribution in [3.05, 3.63) is 22.2 Å². The van der Waals surface area contributed by atoms with Crippen LogP contribution in [0.1, 0.15) is 11.3 Å². The van der Waals surface area contributed by atoms with Gasteiger partial charge in [0, 0.05) is 6.20 Å². The molecular weight excluding hydrogens is 256 g/mol. The van der Waals surface area contributed by atoms with Crippen LogP contribution in [0.4, 0.5) is 0 Å². The maximum absolute atomic E-state index is 11.2. The predicted octanol–water partition coefficient (Wildman–Crippen LogP) is 0.710. The predicted molar refractivity (Wildman–Crippen MR) is 50.9 cm³/mol. The second-order valence-electron chi connectivity index (χ2n) is 2.95. The van der Waals surface area contributed by atoms with Gasteiger partial charge < -0.3 is 0 Å². The van der Waals surface area contributed by atoms with Gasteiger partial charge in [0.15, 0.2) is 14.6 Å². The quantitative estimate of drug-likeness (QED) is 0.647. The highest BCUT2D eigenvalue weighted by Crippen LogP contribution is 2.19. The molecule has 0 fully saturated rings. The van der Waals surface area contributed by atoms with Gasteiger partial charge in [-0.3, -0.25) is 0 Å². The molecular formula is C7H7BrN2O2S. The monoisotopic (exact) mass is 262 g/mol. The van der Waals surface area contributed by atoms with Gasteiger partial charge in [-0.05, 0) is 27.9 Å². The summed E-state index contributed by atoms with van der Waals surface area (Å²) in [5, 5.41) is 0. The summed E-state index contributed by atoms with van der Waals surface area (Å²) in [6, 6.07) is 0. The molecule has 0 unspecified atom stereocenters. The average molecular weight is 263 g/mol. The van der Waals surface area contributed by atoms with Crippen LogP contribution in [0.5, 0.6) is 0 Å². The molecule has 0 atom stereocenters. The first-order valence-electron chi connectivity index (χ1n) is 3.77. The Morgan fingerprint density at radius 3 is 3.00 bits per heavy atom. The summed E-state index contributed by atoms with van der Waals surface area (Å²) in [5.41, 5.74) is 1.58. The number of nitrogens with zero attached hydrogens (tertiary/aromatic N) is 2. The van der Waals surface area contributed by atoms with E-state index in [1.807, 2.05) is 0 Å². The standard InChI is InChI=1S/C7H7BrN2O2S/c8-7-9-3-5-1-2-13(11,12)4-6(5)10-7/h3H,1-2,4H2. The number of hydrogen-bond donors (Lipinski definition) is 0. The van der Waals surface area contributed by atoms with Crippen LogP contribution >= 0.6 is 15.9 Å². The summed E-state index contributed by atoms with van der Waals surface area (Å²) >= 11 is 3.11. The van der Waals surface area contributed by atoms with Crippen LogP contribution in [0.15, 0.2) is 10.9 Å². The molecule has 1 aromatic rings. The van der Waals surface area contributed by atoms with Crippen LogP contribution in [0.3, 0.4) is 0 Å². The number of hydrogen-bond acceptors (Lipinski definition) is 4. The summed E-state index contributed by atoms with van der Waals surface area (Å²) in [6.45, 7) is 0. The summed E-state index contributed by atoms with van der Waals surface area (Å²) in [6.07, 6.45) is 2.21. The average Bonchev–Trinajstić information content (AvgIpc) is 2.01. The number of aryl methyl sites for hydroxylation is 1. The molecule has 0 saturated heterocycles. The van der Waals surface area contributed by atoms with Gasteiger partial charge in [-0.2, -0.15) is 0 Å². The number of aromatic nitrogens is 2. The maximum atomic E-state index is 11.2. The molecule has 2 heterocycles. The molecule has 13 heavy (non-hydrogen) atoms. The third-order valence-corrected chi connectivity index (χ3v) is 3.89. The Hall–Kier alpha value is -0.490. The molecule has 0 spiro atoms. The minimum Gasteiger partial charge on any atom is -0.230 e. The van der Waals surface area contributed by atoms with Crippen LogP contribution in [-0.2, 0) is 22.0 Å². The fourth-order valence-corrected chi connectivity index (χ4v) is 2.96. The van der Waals surface area contributed by atoms with E-state index in [4.69, 9.17) is 0 Å². The Morgan fingerprint density at radius 2 is 2.23 bits per heavy atom. The fourth-order valence-electron chi connectivity index (χ4n) is 1.30. The van der Waals surface area contributed by atoms with E-state index in [1.54, 1.807) is 6.20 Å². The number of rotatable bonds is 0. The zero-order valence-electron chi connectivity index (χ0n) is 6.70. The Balaban J connectivity index is 2.50. The SMILES string of the molecule is O=S1(=O)CCc2cnc(Br)nc2C1. The molecule has 6 heteroatoms. The molecule has 0 saturated carbocycles. The first-order valence-corrected chi connectivity index (χ1v) is 6.39. The molecule has 0 aromatic carbocycles. The van der Waals surface area contributed by atoms with Gasteiger partial charge in [0.2, 0.25) is 0 Å². The number of sulfone groups is 1. The Morgan fingerprint density at radius 1 is 1.46 bits per heavy atom. The van der Waals surface area contributed by atoms with Crippen LogP contribution in [0.25, 0.3) is 0 Å². The molecule has 4 nitrogen and oxygen atoms in total. The van der Waals surface area contributed by atoms with E-state index in [0.29, 0.717) is 16.8 Å². The maximum Gasteiger partial charge on any atom is 0.196 e.